The number of allylic oxidation sites excluding steroid dienone is 2. The number of rotatable bonds is 17. The van der Waals surface area contributed by atoms with Crippen molar-refractivity contribution >= 4 is 11.9 Å². The fourth-order valence-corrected chi connectivity index (χ4v) is 2.56. The summed E-state index contributed by atoms with van der Waals surface area (Å²) >= 11 is 0. The first kappa shape index (κ1) is 23.6. The van der Waals surface area contributed by atoms with E-state index in [0.717, 1.165) is 25.7 Å². The van der Waals surface area contributed by atoms with Gasteiger partial charge in [0.25, 0.3) is 0 Å². The van der Waals surface area contributed by atoms with E-state index in [1.54, 1.807) is 0 Å². The molecule has 0 fully saturated rings. The molecule has 4 N–H and O–H groups in total. The Labute approximate surface area is 153 Å². The summed E-state index contributed by atoms with van der Waals surface area (Å²) in [5, 5.41) is 11.5. The van der Waals surface area contributed by atoms with Crippen molar-refractivity contribution in [3.05, 3.63) is 12.2 Å². The summed E-state index contributed by atoms with van der Waals surface area (Å²) in [5.74, 6) is -0.863. The molecule has 0 aliphatic carbocycles. The number of nitrogens with one attached hydrogen (secondary N) is 1. The Bertz CT molecular complexity index is 370. The summed E-state index contributed by atoms with van der Waals surface area (Å²) < 4.78 is 0. The predicted molar refractivity (Wildman–Crippen MR) is 103 cm³/mol. The van der Waals surface area contributed by atoms with Crippen LogP contribution in [0.4, 0.5) is 0 Å². The summed E-state index contributed by atoms with van der Waals surface area (Å²) in [6.45, 7) is 2.82. The summed E-state index contributed by atoms with van der Waals surface area (Å²) in [4.78, 5) is 22.2. The summed E-state index contributed by atoms with van der Waals surface area (Å²) in [6.07, 6.45) is 17.8. The molecule has 1 atom stereocenters. The summed E-state index contributed by atoms with van der Waals surface area (Å²) in [5.41, 5.74) is 5.42. The molecule has 0 heterocycles. The number of hydrogen-bond donors (Lipinski definition) is 3. The third-order valence-electron chi connectivity index (χ3n) is 4.25. The fourth-order valence-electron chi connectivity index (χ4n) is 2.56. The molecule has 0 bridgehead atoms. The van der Waals surface area contributed by atoms with Crippen LogP contribution in [0.3, 0.4) is 0 Å². The van der Waals surface area contributed by atoms with Gasteiger partial charge in [0.1, 0.15) is 6.04 Å². The number of nitrogens with two attached hydrogens (primary N) is 1. The van der Waals surface area contributed by atoms with Crippen molar-refractivity contribution in [2.24, 2.45) is 5.73 Å². The van der Waals surface area contributed by atoms with E-state index in [1.807, 2.05) is 0 Å². The zero-order valence-electron chi connectivity index (χ0n) is 16.0. The largest absolute Gasteiger partial charge is 0.480 e. The molecule has 5 nitrogen and oxygen atoms in total. The monoisotopic (exact) mass is 354 g/mol. The van der Waals surface area contributed by atoms with Crippen LogP contribution >= 0.6 is 0 Å². The number of aliphatic carboxylic acids is 1. The maximum Gasteiger partial charge on any atom is 0.320 e. The molecule has 0 aromatic rings. The Morgan fingerprint density at radius 1 is 0.960 bits per heavy atom. The van der Waals surface area contributed by atoms with Gasteiger partial charge in [0.2, 0.25) is 5.91 Å². The third-order valence-corrected chi connectivity index (χ3v) is 4.25. The number of carboxylic acid groups (broad SMARTS) is 1. The van der Waals surface area contributed by atoms with Gasteiger partial charge < -0.3 is 16.2 Å². The molecule has 1 unspecified atom stereocenters. The van der Waals surface area contributed by atoms with E-state index in [4.69, 9.17) is 10.8 Å². The first-order valence-electron chi connectivity index (χ1n) is 9.98. The molecule has 0 radical (unpaired) electrons. The molecular formula is C20H38N2O3. The molecule has 0 rings (SSSR count). The smallest absolute Gasteiger partial charge is 0.320 e. The maximum atomic E-state index is 11.7. The van der Waals surface area contributed by atoms with E-state index in [-0.39, 0.29) is 5.91 Å². The second kappa shape index (κ2) is 17.5. The average molecular weight is 355 g/mol. The van der Waals surface area contributed by atoms with Crippen LogP contribution in [0.2, 0.25) is 0 Å². The van der Waals surface area contributed by atoms with Gasteiger partial charge in [0, 0.05) is 13.0 Å². The molecule has 0 aromatic carbocycles. The van der Waals surface area contributed by atoms with Crippen molar-refractivity contribution in [1.29, 1.82) is 0 Å². The van der Waals surface area contributed by atoms with Crippen LogP contribution in [-0.4, -0.2) is 29.6 Å². The van der Waals surface area contributed by atoms with Crippen LogP contribution in [-0.2, 0) is 9.59 Å². The van der Waals surface area contributed by atoms with Crippen molar-refractivity contribution in [2.45, 2.75) is 96.4 Å². The van der Waals surface area contributed by atoms with Crippen molar-refractivity contribution in [3.63, 3.8) is 0 Å². The Kier molecular flexibility index (Phi) is 16.5. The number of carbonyl (C=O) groups excluding carboxylic acids is 1. The van der Waals surface area contributed by atoms with Crippen molar-refractivity contribution in [2.75, 3.05) is 6.54 Å². The van der Waals surface area contributed by atoms with Crippen molar-refractivity contribution in [3.8, 4) is 0 Å². The lowest BCUT2D eigenvalue weighted by molar-refractivity contribution is -0.138. The molecule has 0 saturated heterocycles. The summed E-state index contributed by atoms with van der Waals surface area (Å²) in [6, 6.07) is -0.789. The van der Waals surface area contributed by atoms with E-state index >= 15 is 0 Å². The average Bonchev–Trinajstić information content (AvgIpc) is 2.59. The minimum Gasteiger partial charge on any atom is -0.480 e. The van der Waals surface area contributed by atoms with Gasteiger partial charge in [-0.25, -0.2) is 0 Å². The van der Waals surface area contributed by atoms with Crippen LogP contribution in [0.15, 0.2) is 12.2 Å². The lowest BCUT2D eigenvalue weighted by atomic mass is 10.1. The molecule has 1 amide bonds. The van der Waals surface area contributed by atoms with E-state index in [2.05, 4.69) is 24.4 Å². The number of carboxylic acids is 1. The van der Waals surface area contributed by atoms with Gasteiger partial charge in [-0.05, 0) is 44.9 Å². The molecule has 0 aliphatic heterocycles. The van der Waals surface area contributed by atoms with Crippen molar-refractivity contribution in [1.82, 2.24) is 5.32 Å². The van der Waals surface area contributed by atoms with E-state index < -0.39 is 12.0 Å². The lowest BCUT2D eigenvalue weighted by Gasteiger charge is -2.07. The quantitative estimate of drug-likeness (QED) is 0.270. The zero-order valence-corrected chi connectivity index (χ0v) is 16.0. The van der Waals surface area contributed by atoms with Gasteiger partial charge in [-0.15, -0.1) is 0 Å². The van der Waals surface area contributed by atoms with Crippen LogP contribution < -0.4 is 11.1 Å². The highest BCUT2D eigenvalue weighted by Crippen LogP contribution is 2.08. The van der Waals surface area contributed by atoms with Crippen LogP contribution in [0.1, 0.15) is 90.4 Å². The van der Waals surface area contributed by atoms with Gasteiger partial charge in [0.05, 0.1) is 0 Å². The number of amides is 1. The van der Waals surface area contributed by atoms with Gasteiger partial charge in [-0.2, -0.15) is 0 Å². The molecule has 5 heteroatoms. The molecule has 0 aromatic heterocycles. The minimum atomic E-state index is -0.962. The minimum absolute atomic E-state index is 0.0985. The van der Waals surface area contributed by atoms with Crippen LogP contribution in [0, 0.1) is 0 Å². The topological polar surface area (TPSA) is 92.4 Å². The maximum absolute atomic E-state index is 11.7. The molecule has 0 aliphatic rings. The molecule has 0 saturated carbocycles. The Morgan fingerprint density at radius 2 is 1.60 bits per heavy atom. The first-order valence-corrected chi connectivity index (χ1v) is 9.98. The van der Waals surface area contributed by atoms with Gasteiger partial charge in [-0.1, -0.05) is 51.2 Å². The van der Waals surface area contributed by atoms with Crippen LogP contribution in [0.5, 0.6) is 0 Å². The number of unbranched alkanes of at least 4 members (excludes halogenated alkanes) is 8. The highest BCUT2D eigenvalue weighted by Gasteiger charge is 2.10. The first-order chi connectivity index (χ1) is 12.1. The second-order valence-electron chi connectivity index (χ2n) is 6.71. The number of carbonyl (C=O) groups is 2. The Hall–Kier alpha value is -1.36. The Morgan fingerprint density at radius 3 is 2.28 bits per heavy atom. The Balaban J connectivity index is 3.30. The summed E-state index contributed by atoms with van der Waals surface area (Å²) in [7, 11) is 0. The van der Waals surface area contributed by atoms with E-state index in [9.17, 15) is 9.59 Å². The molecule has 146 valence electrons. The standard InChI is InChI=1S/C20H38N2O3/c1-2-3-4-5-6-7-8-9-10-11-12-16-19(23)22-17-14-13-15-18(21)20(24)25/h5-6,18H,2-4,7-17,21H2,1H3,(H,22,23)(H,24,25)/b6-5+. The highest BCUT2D eigenvalue weighted by atomic mass is 16.4. The van der Waals surface area contributed by atoms with Gasteiger partial charge >= 0.3 is 5.97 Å². The van der Waals surface area contributed by atoms with Gasteiger partial charge in [0.15, 0.2) is 0 Å². The third kappa shape index (κ3) is 17.3. The zero-order chi connectivity index (χ0) is 18.8. The van der Waals surface area contributed by atoms with Gasteiger partial charge in [-0.3, -0.25) is 9.59 Å². The van der Waals surface area contributed by atoms with Crippen molar-refractivity contribution < 1.29 is 14.7 Å². The van der Waals surface area contributed by atoms with E-state index in [0.29, 0.717) is 19.4 Å². The van der Waals surface area contributed by atoms with E-state index in [1.165, 1.54) is 44.9 Å². The number of hydrogen-bond acceptors (Lipinski definition) is 3. The molecule has 25 heavy (non-hydrogen) atoms. The SMILES string of the molecule is CCCC/C=C/CCCCCCCC(=O)NCCCCC(N)C(=O)O. The molecular weight excluding hydrogens is 316 g/mol. The lowest BCUT2D eigenvalue weighted by Crippen LogP contribution is -2.30. The van der Waals surface area contributed by atoms with Crippen LogP contribution in [0.25, 0.3) is 0 Å². The second-order valence-corrected chi connectivity index (χ2v) is 6.71. The molecule has 0 spiro atoms. The highest BCUT2D eigenvalue weighted by molar-refractivity contribution is 5.75. The normalized spacial score (nSPS) is 12.4. The fraction of sp³-hybridized carbons (Fsp3) is 0.800. The predicted octanol–water partition coefficient (Wildman–Crippen LogP) is 4.16.